The fourth-order valence-corrected chi connectivity index (χ4v) is 1.67. The summed E-state index contributed by atoms with van der Waals surface area (Å²) in [6.45, 7) is 0. The van der Waals surface area contributed by atoms with E-state index < -0.39 is 23.6 Å². The number of halogens is 3. The molecule has 8 heteroatoms. The van der Waals surface area contributed by atoms with Gasteiger partial charge in [-0.1, -0.05) is 0 Å². The normalized spacial score (nSPS) is 11.0. The molecule has 22 heavy (non-hydrogen) atoms. The van der Waals surface area contributed by atoms with Crippen molar-refractivity contribution in [3.63, 3.8) is 0 Å². The van der Waals surface area contributed by atoms with Crippen LogP contribution < -0.4 is 5.32 Å². The summed E-state index contributed by atoms with van der Waals surface area (Å²) in [5, 5.41) is 11.2. The summed E-state index contributed by atoms with van der Waals surface area (Å²) in [7, 11) is 0. The molecular weight excluding hydrogens is 301 g/mol. The fraction of sp³-hybridized carbons (Fsp3) is 0.0714. The van der Waals surface area contributed by atoms with Crippen molar-refractivity contribution in [2.75, 3.05) is 5.32 Å². The Balaban J connectivity index is 2.22. The first kappa shape index (κ1) is 15.5. The number of nitrogens with zero attached hydrogens (tertiary/aromatic N) is 1. The molecular formula is C14H9F3N2O3. The van der Waals surface area contributed by atoms with Crippen LogP contribution in [-0.4, -0.2) is 22.0 Å². The molecule has 0 aliphatic rings. The minimum Gasteiger partial charge on any atom is -0.478 e. The van der Waals surface area contributed by atoms with E-state index in [1.807, 2.05) is 0 Å². The lowest BCUT2D eigenvalue weighted by Gasteiger charge is -2.09. The second-order valence-corrected chi connectivity index (χ2v) is 4.23. The lowest BCUT2D eigenvalue weighted by atomic mass is 10.1. The Morgan fingerprint density at radius 1 is 1.09 bits per heavy atom. The Morgan fingerprint density at radius 2 is 1.73 bits per heavy atom. The molecule has 1 amide bonds. The first-order valence-electron chi connectivity index (χ1n) is 5.96. The Labute approximate surface area is 122 Å². The number of benzene rings is 1. The molecule has 2 aromatic rings. The number of carbonyl (C=O) groups is 2. The summed E-state index contributed by atoms with van der Waals surface area (Å²) < 4.78 is 37.3. The molecule has 5 nitrogen and oxygen atoms in total. The van der Waals surface area contributed by atoms with Gasteiger partial charge in [-0.15, -0.1) is 0 Å². The van der Waals surface area contributed by atoms with Crippen molar-refractivity contribution in [2.45, 2.75) is 6.18 Å². The van der Waals surface area contributed by atoms with Gasteiger partial charge in [0.2, 0.25) is 0 Å². The molecule has 1 aromatic carbocycles. The first-order chi connectivity index (χ1) is 10.3. The van der Waals surface area contributed by atoms with Crippen LogP contribution in [0.1, 0.15) is 26.3 Å². The minimum atomic E-state index is -4.49. The van der Waals surface area contributed by atoms with Gasteiger partial charge in [0.1, 0.15) is 11.4 Å². The van der Waals surface area contributed by atoms with Crippen LogP contribution in [0.4, 0.5) is 19.0 Å². The topological polar surface area (TPSA) is 79.3 Å². The van der Waals surface area contributed by atoms with E-state index in [1.54, 1.807) is 0 Å². The third kappa shape index (κ3) is 3.40. The average Bonchev–Trinajstić information content (AvgIpc) is 2.46. The van der Waals surface area contributed by atoms with Gasteiger partial charge in [0, 0.05) is 11.8 Å². The van der Waals surface area contributed by atoms with Crippen LogP contribution in [0.25, 0.3) is 0 Å². The number of rotatable bonds is 3. The number of hydrogen-bond acceptors (Lipinski definition) is 3. The molecule has 0 aliphatic heterocycles. The van der Waals surface area contributed by atoms with E-state index in [4.69, 9.17) is 5.11 Å². The van der Waals surface area contributed by atoms with Crippen LogP contribution in [0.2, 0.25) is 0 Å². The van der Waals surface area contributed by atoms with E-state index in [1.165, 1.54) is 18.3 Å². The van der Waals surface area contributed by atoms with Gasteiger partial charge < -0.3 is 10.4 Å². The third-order valence-corrected chi connectivity index (χ3v) is 2.74. The standard InChI is InChI=1S/C14H9F3N2O3/c15-14(16,17)9-5-3-8(4-6-9)12(20)19-11-10(13(21)22)2-1-7-18-11/h1-7H,(H,21,22)(H,18,19,20). The third-order valence-electron chi connectivity index (χ3n) is 2.74. The number of carbonyl (C=O) groups excluding carboxylic acids is 1. The molecule has 0 fully saturated rings. The lowest BCUT2D eigenvalue weighted by Crippen LogP contribution is -2.16. The van der Waals surface area contributed by atoms with Crippen molar-refractivity contribution in [1.82, 2.24) is 4.98 Å². The first-order valence-corrected chi connectivity index (χ1v) is 5.96. The molecule has 0 aliphatic carbocycles. The van der Waals surface area contributed by atoms with Crippen LogP contribution in [0, 0.1) is 0 Å². The maximum atomic E-state index is 12.4. The SMILES string of the molecule is O=C(Nc1ncccc1C(=O)O)c1ccc(C(F)(F)F)cc1. The molecule has 0 saturated carbocycles. The number of pyridine rings is 1. The zero-order valence-electron chi connectivity index (χ0n) is 10.9. The number of carboxylic acid groups (broad SMARTS) is 1. The number of aromatic carboxylic acids is 1. The van der Waals surface area contributed by atoms with Gasteiger partial charge >= 0.3 is 12.1 Å². The number of anilines is 1. The van der Waals surface area contributed by atoms with Crippen molar-refractivity contribution in [3.8, 4) is 0 Å². The molecule has 0 atom stereocenters. The Kier molecular flexibility index (Phi) is 4.11. The van der Waals surface area contributed by atoms with E-state index in [2.05, 4.69) is 10.3 Å². The highest BCUT2D eigenvalue weighted by Gasteiger charge is 2.30. The molecule has 2 N–H and O–H groups in total. The van der Waals surface area contributed by atoms with E-state index in [0.29, 0.717) is 0 Å². The van der Waals surface area contributed by atoms with Crippen molar-refractivity contribution in [2.24, 2.45) is 0 Å². The average molecular weight is 310 g/mol. The number of aromatic nitrogens is 1. The predicted octanol–water partition coefficient (Wildman–Crippen LogP) is 3.05. The summed E-state index contributed by atoms with van der Waals surface area (Å²) in [5.41, 5.74) is -1.15. The maximum Gasteiger partial charge on any atom is 0.416 e. The summed E-state index contributed by atoms with van der Waals surface area (Å²) in [6, 6.07) is 6.18. The number of amides is 1. The molecule has 1 aromatic heterocycles. The fourth-order valence-electron chi connectivity index (χ4n) is 1.67. The zero-order valence-corrected chi connectivity index (χ0v) is 10.9. The van der Waals surface area contributed by atoms with E-state index in [0.717, 1.165) is 24.3 Å². The highest BCUT2D eigenvalue weighted by atomic mass is 19.4. The molecule has 2 rings (SSSR count). The van der Waals surface area contributed by atoms with Gasteiger partial charge in [-0.25, -0.2) is 9.78 Å². The quantitative estimate of drug-likeness (QED) is 0.913. The summed E-state index contributed by atoms with van der Waals surface area (Å²) >= 11 is 0. The number of nitrogens with one attached hydrogen (secondary N) is 1. The van der Waals surface area contributed by atoms with E-state index in [9.17, 15) is 22.8 Å². The van der Waals surface area contributed by atoms with Crippen molar-refractivity contribution in [1.29, 1.82) is 0 Å². The van der Waals surface area contributed by atoms with Crippen molar-refractivity contribution >= 4 is 17.7 Å². The van der Waals surface area contributed by atoms with Crippen molar-refractivity contribution in [3.05, 3.63) is 59.3 Å². The molecule has 114 valence electrons. The van der Waals surface area contributed by atoms with Gasteiger partial charge in [-0.3, -0.25) is 4.79 Å². The van der Waals surface area contributed by atoms with Gasteiger partial charge in [0.25, 0.3) is 5.91 Å². The van der Waals surface area contributed by atoms with Crippen LogP contribution in [0.5, 0.6) is 0 Å². The van der Waals surface area contributed by atoms with Crippen molar-refractivity contribution < 1.29 is 27.9 Å². The van der Waals surface area contributed by atoms with Gasteiger partial charge in [0.15, 0.2) is 0 Å². The smallest absolute Gasteiger partial charge is 0.416 e. The highest BCUT2D eigenvalue weighted by molar-refractivity contribution is 6.06. The predicted molar refractivity (Wildman–Crippen MR) is 70.6 cm³/mol. The van der Waals surface area contributed by atoms with Crippen LogP contribution in [0.15, 0.2) is 42.6 Å². The Morgan fingerprint density at radius 3 is 2.27 bits per heavy atom. The second kappa shape index (κ2) is 5.84. The van der Waals surface area contributed by atoms with Gasteiger partial charge in [-0.05, 0) is 36.4 Å². The minimum absolute atomic E-state index is 0.0463. The van der Waals surface area contributed by atoms with Gasteiger partial charge in [-0.2, -0.15) is 13.2 Å². The molecule has 0 saturated heterocycles. The number of alkyl halides is 3. The lowest BCUT2D eigenvalue weighted by molar-refractivity contribution is -0.137. The monoisotopic (exact) mass is 310 g/mol. The number of carboxylic acids is 1. The molecule has 0 bridgehead atoms. The molecule has 0 unspecified atom stereocenters. The molecule has 0 spiro atoms. The summed E-state index contributed by atoms with van der Waals surface area (Å²) in [6.07, 6.45) is -3.21. The van der Waals surface area contributed by atoms with Crippen LogP contribution in [-0.2, 0) is 6.18 Å². The van der Waals surface area contributed by atoms with Crippen LogP contribution in [0.3, 0.4) is 0 Å². The summed E-state index contributed by atoms with van der Waals surface area (Å²) in [5.74, 6) is -2.22. The Hall–Kier alpha value is -2.90. The molecule has 0 radical (unpaired) electrons. The zero-order chi connectivity index (χ0) is 16.3. The van der Waals surface area contributed by atoms with Crippen LogP contribution >= 0.6 is 0 Å². The van der Waals surface area contributed by atoms with Gasteiger partial charge in [0.05, 0.1) is 5.56 Å². The largest absolute Gasteiger partial charge is 0.478 e. The van der Waals surface area contributed by atoms with E-state index >= 15 is 0 Å². The highest BCUT2D eigenvalue weighted by Crippen LogP contribution is 2.29. The summed E-state index contributed by atoms with van der Waals surface area (Å²) in [4.78, 5) is 26.6. The second-order valence-electron chi connectivity index (χ2n) is 4.23. The number of hydrogen-bond donors (Lipinski definition) is 2. The molecule has 1 heterocycles. The Bertz CT molecular complexity index is 712. The van der Waals surface area contributed by atoms with E-state index in [-0.39, 0.29) is 16.9 Å². The maximum absolute atomic E-state index is 12.4.